The summed E-state index contributed by atoms with van der Waals surface area (Å²) < 4.78 is 8.52. The van der Waals surface area contributed by atoms with Crippen LogP contribution in [-0.2, 0) is 4.46 Å². The zero-order valence-electron chi connectivity index (χ0n) is 3.51. The molecule has 7 heavy (non-hydrogen) atoms. The number of hydrogen-bond acceptors (Lipinski definition) is 3. The molecular formula is H2AlMgO4Si. The minimum atomic E-state index is -3.63. The molecule has 0 aliphatic heterocycles. The Balaban J connectivity index is -0.0000000150. The van der Waals surface area contributed by atoms with Gasteiger partial charge in [-0.1, -0.05) is 0 Å². The van der Waals surface area contributed by atoms with Gasteiger partial charge in [0.05, 0.1) is 0 Å². The van der Waals surface area contributed by atoms with Crippen LogP contribution in [0.25, 0.3) is 0 Å². The molecule has 35 valence electrons. The number of hydrogen-bond donors (Lipinski definition) is 0. The third-order valence-corrected chi connectivity index (χ3v) is 0. The van der Waals surface area contributed by atoms with Gasteiger partial charge < -0.3 is 19.5 Å². The van der Waals surface area contributed by atoms with E-state index in [1.807, 2.05) is 0 Å². The average molecular weight is 145 g/mol. The molecule has 0 saturated carbocycles. The van der Waals surface area contributed by atoms with Gasteiger partial charge in [0.2, 0.25) is 0 Å². The smallest absolute Gasteiger partial charge is 0.672 e. The summed E-state index contributed by atoms with van der Waals surface area (Å²) in [6, 6.07) is 0. The van der Waals surface area contributed by atoms with Crippen LogP contribution in [0.15, 0.2) is 0 Å². The van der Waals surface area contributed by atoms with Crippen LogP contribution in [0.4, 0.5) is 0 Å². The van der Waals surface area contributed by atoms with Crippen molar-refractivity contribution in [2.24, 2.45) is 0 Å². The minimum Gasteiger partial charge on any atom is -0.672 e. The van der Waals surface area contributed by atoms with E-state index < -0.39 is 9.17 Å². The van der Waals surface area contributed by atoms with Crippen molar-refractivity contribution >= 4 is 49.6 Å². The summed E-state index contributed by atoms with van der Waals surface area (Å²) in [5.41, 5.74) is 0. The van der Waals surface area contributed by atoms with Crippen LogP contribution in [-0.4, -0.2) is 55.1 Å². The Kier molecular flexibility index (Phi) is 56.0. The molecule has 0 aliphatic carbocycles. The molecule has 0 aliphatic rings. The SMILES string of the molecule is O.O=[Si]([O-])[O-].[Al].[Mg+2]. The zero-order chi connectivity index (χ0) is 3.58. The summed E-state index contributed by atoms with van der Waals surface area (Å²) in [5, 5.41) is 0. The van der Waals surface area contributed by atoms with Gasteiger partial charge in [-0.15, -0.1) is 0 Å². The molecule has 0 aromatic rings. The second-order valence-electron chi connectivity index (χ2n) is 0.250. The average Bonchev–Trinajstić information content (AvgIpc) is 0.811. The second-order valence-corrected chi connectivity index (χ2v) is 0.750. The normalized spacial score (nSPS) is 3.43. The Labute approximate surface area is 69.0 Å². The molecular weight excluding hydrogens is 143 g/mol. The van der Waals surface area contributed by atoms with E-state index in [0.29, 0.717) is 0 Å². The first kappa shape index (κ1) is 24.8. The van der Waals surface area contributed by atoms with E-state index in [0.717, 1.165) is 0 Å². The molecule has 0 fully saturated rings. The van der Waals surface area contributed by atoms with Crippen LogP contribution >= 0.6 is 0 Å². The third kappa shape index (κ3) is 213. The van der Waals surface area contributed by atoms with Crippen molar-refractivity contribution in [1.29, 1.82) is 0 Å². The molecule has 0 spiro atoms. The van der Waals surface area contributed by atoms with E-state index in [1.54, 1.807) is 0 Å². The molecule has 0 bridgehead atoms. The zero-order valence-corrected chi connectivity index (χ0v) is 7.08. The summed E-state index contributed by atoms with van der Waals surface area (Å²) in [7, 11) is -3.63. The summed E-state index contributed by atoms with van der Waals surface area (Å²) in [6.07, 6.45) is 0. The van der Waals surface area contributed by atoms with Gasteiger partial charge in [-0.05, 0) is 0 Å². The maximum absolute atomic E-state index is 8.52. The summed E-state index contributed by atoms with van der Waals surface area (Å²) >= 11 is 0. The van der Waals surface area contributed by atoms with Gasteiger partial charge in [0, 0.05) is 26.5 Å². The molecule has 2 N–H and O–H groups in total. The Hall–Kier alpha value is 0.876. The van der Waals surface area contributed by atoms with Gasteiger partial charge >= 0.3 is 23.1 Å². The fraction of sp³-hybridized carbons (Fsp3) is 0. The molecule has 4 nitrogen and oxygen atoms in total. The molecule has 0 atom stereocenters. The van der Waals surface area contributed by atoms with Crippen LogP contribution < -0.4 is 9.59 Å². The van der Waals surface area contributed by atoms with Crippen molar-refractivity contribution in [3.05, 3.63) is 0 Å². The Morgan fingerprint density at radius 3 is 1.29 bits per heavy atom. The van der Waals surface area contributed by atoms with Gasteiger partial charge in [-0.3, -0.25) is 0 Å². The maximum Gasteiger partial charge on any atom is 2.00 e. The van der Waals surface area contributed by atoms with E-state index >= 15 is 0 Å². The topological polar surface area (TPSA) is 94.7 Å². The molecule has 3 radical (unpaired) electrons. The fourth-order valence-corrected chi connectivity index (χ4v) is 0. The quantitative estimate of drug-likeness (QED) is 0.322. The van der Waals surface area contributed by atoms with E-state index in [2.05, 4.69) is 0 Å². The predicted molar refractivity (Wildman–Crippen MR) is 21.6 cm³/mol. The van der Waals surface area contributed by atoms with Crippen molar-refractivity contribution < 1.29 is 19.5 Å². The van der Waals surface area contributed by atoms with Crippen molar-refractivity contribution in [2.45, 2.75) is 0 Å². The first-order chi connectivity index (χ1) is 1.73. The molecule has 0 rings (SSSR count). The third-order valence-electron chi connectivity index (χ3n) is 0. The van der Waals surface area contributed by atoms with E-state index in [4.69, 9.17) is 14.1 Å². The summed E-state index contributed by atoms with van der Waals surface area (Å²) in [4.78, 5) is 17.0. The van der Waals surface area contributed by atoms with E-state index in [1.165, 1.54) is 0 Å². The largest absolute Gasteiger partial charge is 2.00 e. The number of rotatable bonds is 0. The van der Waals surface area contributed by atoms with Gasteiger partial charge in [-0.25, -0.2) is 0 Å². The van der Waals surface area contributed by atoms with Gasteiger partial charge in [0.1, 0.15) is 0 Å². The van der Waals surface area contributed by atoms with Crippen LogP contribution in [0.1, 0.15) is 0 Å². The first-order valence-corrected chi connectivity index (χ1v) is 1.84. The molecule has 0 heterocycles. The van der Waals surface area contributed by atoms with Crippen LogP contribution in [0.2, 0.25) is 0 Å². The molecule has 0 amide bonds. The van der Waals surface area contributed by atoms with Crippen molar-refractivity contribution in [3.8, 4) is 0 Å². The standard InChI is InChI=1S/Al.Mg.O3Si.H2O/c;;1-4(2)3;/h;;;1H2/q;+2;-2;. The minimum absolute atomic E-state index is 0. The van der Waals surface area contributed by atoms with Gasteiger partial charge in [0.15, 0.2) is 0 Å². The van der Waals surface area contributed by atoms with Gasteiger partial charge in [-0.2, -0.15) is 0 Å². The Morgan fingerprint density at radius 1 is 1.29 bits per heavy atom. The van der Waals surface area contributed by atoms with Crippen LogP contribution in [0.3, 0.4) is 0 Å². The molecule has 0 unspecified atom stereocenters. The van der Waals surface area contributed by atoms with Crippen LogP contribution in [0, 0.1) is 0 Å². The fourth-order valence-electron chi connectivity index (χ4n) is 0. The molecule has 0 aromatic carbocycles. The monoisotopic (exact) mass is 145 g/mol. The predicted octanol–water partition coefficient (Wildman–Crippen LogP) is -4.46. The summed E-state index contributed by atoms with van der Waals surface area (Å²) in [6.45, 7) is 0. The van der Waals surface area contributed by atoms with Crippen molar-refractivity contribution in [1.82, 2.24) is 0 Å². The van der Waals surface area contributed by atoms with Crippen molar-refractivity contribution in [3.63, 3.8) is 0 Å². The molecule has 7 heteroatoms. The van der Waals surface area contributed by atoms with Gasteiger partial charge in [0.25, 0.3) is 0 Å². The van der Waals surface area contributed by atoms with Crippen LogP contribution in [0.5, 0.6) is 0 Å². The maximum atomic E-state index is 8.52. The molecule has 0 aromatic heterocycles. The molecule has 0 saturated heterocycles. The van der Waals surface area contributed by atoms with E-state index in [9.17, 15) is 0 Å². The first-order valence-electron chi connectivity index (χ1n) is 0.612. The summed E-state index contributed by atoms with van der Waals surface area (Å²) in [5.74, 6) is 0. The van der Waals surface area contributed by atoms with Crippen molar-refractivity contribution in [2.75, 3.05) is 0 Å². The Bertz CT molecular complexity index is 34.7. The van der Waals surface area contributed by atoms with E-state index in [-0.39, 0.29) is 45.9 Å². The second kappa shape index (κ2) is 15.8. The Morgan fingerprint density at radius 2 is 1.29 bits per heavy atom.